The van der Waals surface area contributed by atoms with Crippen LogP contribution in [0.1, 0.15) is 39.9 Å². The molecule has 2 aliphatic rings. The maximum absolute atomic E-state index is 13.5. The van der Waals surface area contributed by atoms with Crippen molar-refractivity contribution in [2.24, 2.45) is 0 Å². The number of aryl methyl sites for hydroxylation is 1. The number of carbonyl (C=O) groups excluding carboxylic acids is 1. The molecule has 3 nitrogen and oxygen atoms in total. The first-order chi connectivity index (χ1) is 16.7. The fourth-order valence-electron chi connectivity index (χ4n) is 5.32. The monoisotopic (exact) mass is 442 g/mol. The zero-order valence-electron chi connectivity index (χ0n) is 19.3. The highest BCUT2D eigenvalue weighted by Gasteiger charge is 2.21. The van der Waals surface area contributed by atoms with Gasteiger partial charge in [-0.1, -0.05) is 60.7 Å². The van der Waals surface area contributed by atoms with E-state index in [1.165, 1.54) is 26.8 Å². The number of anilines is 2. The van der Waals surface area contributed by atoms with Crippen molar-refractivity contribution in [3.63, 3.8) is 0 Å². The van der Waals surface area contributed by atoms with Gasteiger partial charge >= 0.3 is 0 Å². The van der Waals surface area contributed by atoms with Gasteiger partial charge in [0.1, 0.15) is 5.82 Å². The van der Waals surface area contributed by atoms with Crippen LogP contribution in [0.4, 0.5) is 11.5 Å². The quantitative estimate of drug-likeness (QED) is 0.446. The summed E-state index contributed by atoms with van der Waals surface area (Å²) in [6.45, 7) is 2.06. The van der Waals surface area contributed by atoms with Crippen LogP contribution in [-0.4, -0.2) is 10.8 Å². The van der Waals surface area contributed by atoms with Gasteiger partial charge in [0, 0.05) is 23.0 Å². The summed E-state index contributed by atoms with van der Waals surface area (Å²) < 4.78 is 0. The summed E-state index contributed by atoms with van der Waals surface area (Å²) in [5.41, 5.74) is 6.48. The highest BCUT2D eigenvalue weighted by molar-refractivity contribution is 6.24. The Morgan fingerprint density at radius 2 is 1.65 bits per heavy atom. The number of hydrogen-bond acceptors (Lipinski definition) is 3. The van der Waals surface area contributed by atoms with Crippen LogP contribution < -0.4 is 15.8 Å². The molecule has 0 unspecified atom stereocenters. The van der Waals surface area contributed by atoms with Crippen LogP contribution in [0, 0.1) is 17.4 Å². The number of benzene rings is 3. The fraction of sp³-hybridized carbons (Fsp3) is 0.161. The standard InChI is InChI=1S/C31H26N2O/c1-20-7-2-5-12-29(20)33-30-18-14-22(19-32-30)31(34)28-11-6-10-24-26-15-13-21-8-3-4-9-23(21)25(26)16-17-27(24)28/h2-5,7-9,12-14,16-19H,6,10-11,15H2,1H3,(H,32,33). The molecule has 0 aliphatic heterocycles. The zero-order chi connectivity index (χ0) is 23.1. The molecule has 0 atom stereocenters. The molecule has 1 N–H and O–H groups in total. The Balaban J connectivity index is 1.39. The predicted octanol–water partition coefficient (Wildman–Crippen LogP) is 5.13. The Bertz CT molecular complexity index is 1650. The van der Waals surface area contributed by atoms with E-state index in [0.29, 0.717) is 5.56 Å². The SMILES string of the molecule is Cc1ccccc1Nc1ccc(C(=O)C2=c3ccc4c(c3CCC2)CC=c2ccccc2=4)cn1. The Hall–Kier alpha value is -3.98. The van der Waals surface area contributed by atoms with Crippen LogP contribution in [0.25, 0.3) is 11.6 Å². The van der Waals surface area contributed by atoms with Crippen LogP contribution in [0.15, 0.2) is 79.0 Å². The lowest BCUT2D eigenvalue weighted by Gasteiger charge is -2.20. The molecule has 0 saturated heterocycles. The van der Waals surface area contributed by atoms with Crippen LogP contribution in [-0.2, 0) is 12.8 Å². The molecule has 0 saturated carbocycles. The van der Waals surface area contributed by atoms with Crippen molar-refractivity contribution < 1.29 is 4.79 Å². The molecule has 1 heterocycles. The number of pyridine rings is 1. The van der Waals surface area contributed by atoms with Gasteiger partial charge in [-0.2, -0.15) is 0 Å². The van der Waals surface area contributed by atoms with Crippen LogP contribution in [0.3, 0.4) is 0 Å². The molecule has 0 spiro atoms. The Morgan fingerprint density at radius 3 is 2.50 bits per heavy atom. The molecule has 3 heteroatoms. The minimum atomic E-state index is 0.0935. The van der Waals surface area contributed by atoms with Crippen molar-refractivity contribution in [3.05, 3.63) is 122 Å². The molecule has 0 radical (unpaired) electrons. The number of nitrogens with zero attached hydrogens (tertiary/aromatic N) is 1. The van der Waals surface area contributed by atoms with E-state index in [4.69, 9.17) is 0 Å². The van der Waals surface area contributed by atoms with E-state index >= 15 is 0 Å². The van der Waals surface area contributed by atoms with E-state index in [1.54, 1.807) is 6.20 Å². The third kappa shape index (κ3) is 3.54. The highest BCUT2D eigenvalue weighted by atomic mass is 16.1. The molecule has 0 bridgehead atoms. The molecule has 6 rings (SSSR count). The molecule has 0 amide bonds. The van der Waals surface area contributed by atoms with Crippen LogP contribution in [0.5, 0.6) is 0 Å². The number of carbonyl (C=O) groups is 1. The number of para-hydroxylation sites is 1. The van der Waals surface area contributed by atoms with Crippen molar-refractivity contribution in [2.45, 2.75) is 32.6 Å². The maximum Gasteiger partial charge on any atom is 0.191 e. The van der Waals surface area contributed by atoms with Gasteiger partial charge in [-0.15, -0.1) is 0 Å². The van der Waals surface area contributed by atoms with Gasteiger partial charge in [-0.25, -0.2) is 4.98 Å². The second kappa shape index (κ2) is 8.42. The Kier molecular flexibility index (Phi) is 5.10. The first kappa shape index (κ1) is 20.6. The average Bonchev–Trinajstić information content (AvgIpc) is 2.89. The van der Waals surface area contributed by atoms with Crippen molar-refractivity contribution in [1.29, 1.82) is 0 Å². The normalized spacial score (nSPS) is 13.9. The topological polar surface area (TPSA) is 42.0 Å². The summed E-state index contributed by atoms with van der Waals surface area (Å²) in [6, 6.07) is 24.9. The molecule has 2 aliphatic carbocycles. The number of Topliss-reactive ketones (excluding diaryl/α,β-unsaturated/α-hetero) is 1. The van der Waals surface area contributed by atoms with Gasteiger partial charge in [0.05, 0.1) is 0 Å². The number of nitrogens with one attached hydrogen (secondary N) is 1. The smallest absolute Gasteiger partial charge is 0.191 e. The average molecular weight is 443 g/mol. The lowest BCUT2D eigenvalue weighted by molar-refractivity contribution is 0.105. The first-order valence-corrected chi connectivity index (χ1v) is 12.0. The van der Waals surface area contributed by atoms with E-state index in [0.717, 1.165) is 53.5 Å². The Labute approximate surface area is 198 Å². The van der Waals surface area contributed by atoms with E-state index in [9.17, 15) is 4.79 Å². The minimum Gasteiger partial charge on any atom is -0.340 e. The van der Waals surface area contributed by atoms with Gasteiger partial charge in [-0.05, 0) is 88.4 Å². The maximum atomic E-state index is 13.5. The van der Waals surface area contributed by atoms with Gasteiger partial charge in [0.25, 0.3) is 0 Å². The molecule has 1 aromatic heterocycles. The summed E-state index contributed by atoms with van der Waals surface area (Å²) >= 11 is 0. The van der Waals surface area contributed by atoms with E-state index < -0.39 is 0 Å². The summed E-state index contributed by atoms with van der Waals surface area (Å²) in [6.07, 6.45) is 7.80. The second-order valence-corrected chi connectivity index (χ2v) is 9.15. The first-order valence-electron chi connectivity index (χ1n) is 12.0. The van der Waals surface area contributed by atoms with Crippen molar-refractivity contribution >= 4 is 28.9 Å². The van der Waals surface area contributed by atoms with E-state index in [2.05, 4.69) is 65.8 Å². The third-order valence-electron chi connectivity index (χ3n) is 7.09. The molecule has 3 aromatic carbocycles. The molecular formula is C31H26N2O. The number of fused-ring (bicyclic) bond motifs is 4. The minimum absolute atomic E-state index is 0.0935. The number of ketones is 1. The van der Waals surface area contributed by atoms with Crippen LogP contribution >= 0.6 is 0 Å². The molecule has 166 valence electrons. The van der Waals surface area contributed by atoms with Gasteiger partial charge in [0.15, 0.2) is 5.78 Å². The molecule has 0 fully saturated rings. The summed E-state index contributed by atoms with van der Waals surface area (Å²) in [5.74, 6) is 0.833. The number of hydrogen-bond donors (Lipinski definition) is 1. The number of rotatable bonds is 4. The number of aromatic nitrogens is 1. The molecule has 4 aromatic rings. The highest BCUT2D eigenvalue weighted by Crippen LogP contribution is 2.24. The largest absolute Gasteiger partial charge is 0.340 e. The fourth-order valence-corrected chi connectivity index (χ4v) is 5.32. The summed E-state index contributed by atoms with van der Waals surface area (Å²) in [7, 11) is 0. The van der Waals surface area contributed by atoms with Crippen LogP contribution in [0.2, 0.25) is 0 Å². The van der Waals surface area contributed by atoms with Crippen molar-refractivity contribution in [3.8, 4) is 0 Å². The van der Waals surface area contributed by atoms with Crippen molar-refractivity contribution in [1.82, 2.24) is 4.98 Å². The molecule has 34 heavy (non-hydrogen) atoms. The predicted molar refractivity (Wildman–Crippen MR) is 137 cm³/mol. The third-order valence-corrected chi connectivity index (χ3v) is 7.09. The van der Waals surface area contributed by atoms with E-state index in [-0.39, 0.29) is 5.78 Å². The summed E-state index contributed by atoms with van der Waals surface area (Å²) in [5, 5.41) is 8.39. The molecular weight excluding hydrogens is 416 g/mol. The Morgan fingerprint density at radius 1 is 0.824 bits per heavy atom. The lowest BCUT2D eigenvalue weighted by atomic mass is 9.84. The zero-order valence-corrected chi connectivity index (χ0v) is 19.3. The van der Waals surface area contributed by atoms with E-state index in [1.807, 2.05) is 30.3 Å². The summed E-state index contributed by atoms with van der Waals surface area (Å²) in [4.78, 5) is 18.1. The van der Waals surface area contributed by atoms with Crippen molar-refractivity contribution in [2.75, 3.05) is 5.32 Å². The second-order valence-electron chi connectivity index (χ2n) is 9.15. The van der Waals surface area contributed by atoms with Gasteiger partial charge in [-0.3, -0.25) is 4.79 Å². The van der Waals surface area contributed by atoms with Gasteiger partial charge in [0.2, 0.25) is 0 Å². The lowest BCUT2D eigenvalue weighted by Crippen LogP contribution is -2.25. The van der Waals surface area contributed by atoms with Gasteiger partial charge < -0.3 is 5.32 Å².